The Morgan fingerprint density at radius 1 is 1.31 bits per heavy atom. The Labute approximate surface area is 105 Å². The fraction of sp³-hybridized carbons (Fsp3) is 0.667. The molecule has 0 aromatic carbocycles. The lowest BCUT2D eigenvalue weighted by atomic mass is 9.92. The van der Waals surface area contributed by atoms with Crippen LogP contribution in [0.4, 0.5) is 5.82 Å². The summed E-state index contributed by atoms with van der Waals surface area (Å²) in [5, 5.41) is 0. The van der Waals surface area contributed by atoms with Gasteiger partial charge in [0.05, 0.1) is 10.2 Å². The third kappa shape index (κ3) is 2.08. The van der Waals surface area contributed by atoms with Crippen LogP contribution >= 0.6 is 15.9 Å². The Morgan fingerprint density at radius 3 is 2.31 bits per heavy atom. The van der Waals surface area contributed by atoms with Gasteiger partial charge in [-0.1, -0.05) is 27.7 Å². The van der Waals surface area contributed by atoms with Crippen LogP contribution in [0.2, 0.25) is 0 Å². The van der Waals surface area contributed by atoms with Gasteiger partial charge in [-0.25, -0.2) is 9.97 Å². The molecule has 0 saturated heterocycles. The first-order valence-electron chi connectivity index (χ1n) is 5.64. The second kappa shape index (κ2) is 3.69. The lowest BCUT2D eigenvalue weighted by Gasteiger charge is -2.20. The number of nitrogen functional groups attached to an aromatic ring is 1. The van der Waals surface area contributed by atoms with E-state index in [9.17, 15) is 0 Å². The number of aromatic nitrogens is 2. The van der Waals surface area contributed by atoms with Gasteiger partial charge in [0.1, 0.15) is 11.6 Å². The van der Waals surface area contributed by atoms with Gasteiger partial charge in [-0.05, 0) is 28.3 Å². The second-order valence-electron chi connectivity index (χ2n) is 5.70. The van der Waals surface area contributed by atoms with Crippen molar-refractivity contribution < 1.29 is 0 Å². The molecule has 1 aromatic rings. The second-order valence-corrected chi connectivity index (χ2v) is 6.49. The fourth-order valence-corrected chi connectivity index (χ4v) is 2.60. The summed E-state index contributed by atoms with van der Waals surface area (Å²) in [6.45, 7) is 8.64. The molecule has 0 aliphatic heterocycles. The maximum absolute atomic E-state index is 5.93. The average molecular weight is 284 g/mol. The van der Waals surface area contributed by atoms with Gasteiger partial charge in [-0.3, -0.25) is 0 Å². The quantitative estimate of drug-likeness (QED) is 0.861. The molecule has 2 unspecified atom stereocenters. The van der Waals surface area contributed by atoms with Crippen LogP contribution in [-0.4, -0.2) is 9.97 Å². The first-order chi connectivity index (χ1) is 7.30. The third-order valence-corrected chi connectivity index (χ3v) is 3.83. The van der Waals surface area contributed by atoms with Gasteiger partial charge < -0.3 is 5.73 Å². The number of anilines is 1. The molecule has 0 bridgehead atoms. The van der Waals surface area contributed by atoms with Crippen LogP contribution in [0, 0.1) is 5.92 Å². The standard InChI is InChI=1S/C12H18BrN3/c1-6-5-7(6)11-15-9(12(2,3)4)8(13)10(14)16-11/h6-7H,5H2,1-4H3,(H2,14,15,16). The Balaban J connectivity index is 2.48. The topological polar surface area (TPSA) is 51.8 Å². The largest absolute Gasteiger partial charge is 0.383 e. The van der Waals surface area contributed by atoms with E-state index >= 15 is 0 Å². The summed E-state index contributed by atoms with van der Waals surface area (Å²) in [7, 11) is 0. The van der Waals surface area contributed by atoms with E-state index in [-0.39, 0.29) is 5.41 Å². The maximum atomic E-state index is 5.93. The van der Waals surface area contributed by atoms with Crippen LogP contribution in [0.15, 0.2) is 4.47 Å². The van der Waals surface area contributed by atoms with Crippen LogP contribution in [0.5, 0.6) is 0 Å². The van der Waals surface area contributed by atoms with E-state index in [1.165, 1.54) is 6.42 Å². The molecule has 1 saturated carbocycles. The van der Waals surface area contributed by atoms with Crippen LogP contribution < -0.4 is 5.73 Å². The van der Waals surface area contributed by atoms with Crippen molar-refractivity contribution in [1.82, 2.24) is 9.97 Å². The number of nitrogens with two attached hydrogens (primary N) is 1. The van der Waals surface area contributed by atoms with Crippen molar-refractivity contribution in [3.63, 3.8) is 0 Å². The van der Waals surface area contributed by atoms with Gasteiger partial charge in [0.15, 0.2) is 0 Å². The monoisotopic (exact) mass is 283 g/mol. The molecule has 1 aromatic heterocycles. The molecular weight excluding hydrogens is 266 g/mol. The van der Waals surface area contributed by atoms with Gasteiger partial charge in [0, 0.05) is 11.3 Å². The summed E-state index contributed by atoms with van der Waals surface area (Å²) in [6, 6.07) is 0. The highest BCUT2D eigenvalue weighted by molar-refractivity contribution is 9.10. The molecule has 1 aliphatic carbocycles. The highest BCUT2D eigenvalue weighted by atomic mass is 79.9. The van der Waals surface area contributed by atoms with E-state index in [1.54, 1.807) is 0 Å². The molecule has 3 nitrogen and oxygen atoms in total. The van der Waals surface area contributed by atoms with E-state index in [0.717, 1.165) is 16.0 Å². The Hall–Kier alpha value is -0.640. The van der Waals surface area contributed by atoms with Crippen molar-refractivity contribution in [1.29, 1.82) is 0 Å². The zero-order valence-electron chi connectivity index (χ0n) is 10.2. The predicted octanol–water partition coefficient (Wildman–Crippen LogP) is 3.24. The summed E-state index contributed by atoms with van der Waals surface area (Å²) in [5.41, 5.74) is 6.93. The van der Waals surface area contributed by atoms with Crippen molar-refractivity contribution in [3.8, 4) is 0 Å². The molecular formula is C12H18BrN3. The fourth-order valence-electron chi connectivity index (χ4n) is 1.83. The van der Waals surface area contributed by atoms with E-state index in [4.69, 9.17) is 5.73 Å². The summed E-state index contributed by atoms with van der Waals surface area (Å²) in [6.07, 6.45) is 1.19. The normalized spacial score (nSPS) is 24.6. The summed E-state index contributed by atoms with van der Waals surface area (Å²) in [5.74, 6) is 2.69. The summed E-state index contributed by atoms with van der Waals surface area (Å²) >= 11 is 3.48. The third-order valence-electron chi connectivity index (χ3n) is 3.05. The number of nitrogens with zero attached hydrogens (tertiary/aromatic N) is 2. The van der Waals surface area contributed by atoms with E-state index < -0.39 is 0 Å². The van der Waals surface area contributed by atoms with Crippen LogP contribution in [0.1, 0.15) is 51.6 Å². The zero-order chi connectivity index (χ0) is 12.1. The SMILES string of the molecule is CC1CC1c1nc(N)c(Br)c(C(C)(C)C)n1. The number of halogens is 1. The lowest BCUT2D eigenvalue weighted by Crippen LogP contribution is -2.17. The smallest absolute Gasteiger partial charge is 0.141 e. The lowest BCUT2D eigenvalue weighted by molar-refractivity contribution is 0.558. The Kier molecular flexibility index (Phi) is 2.73. The van der Waals surface area contributed by atoms with Crippen LogP contribution in [0.25, 0.3) is 0 Å². The minimum absolute atomic E-state index is 0.0111. The molecule has 0 spiro atoms. The molecule has 0 amide bonds. The van der Waals surface area contributed by atoms with Crippen molar-refractivity contribution in [2.75, 3.05) is 5.73 Å². The van der Waals surface area contributed by atoms with Gasteiger partial charge in [-0.2, -0.15) is 0 Å². The Morgan fingerprint density at radius 2 is 1.88 bits per heavy atom. The first-order valence-corrected chi connectivity index (χ1v) is 6.43. The van der Waals surface area contributed by atoms with Gasteiger partial charge in [0.25, 0.3) is 0 Å². The average Bonchev–Trinajstić information content (AvgIpc) is 2.85. The number of rotatable bonds is 1. The highest BCUT2D eigenvalue weighted by Crippen LogP contribution is 2.46. The minimum atomic E-state index is -0.0111. The predicted molar refractivity (Wildman–Crippen MR) is 69.4 cm³/mol. The van der Waals surface area contributed by atoms with Crippen LogP contribution in [0.3, 0.4) is 0 Å². The Bertz CT molecular complexity index is 423. The molecule has 4 heteroatoms. The first kappa shape index (κ1) is 11.8. The number of hydrogen-bond acceptors (Lipinski definition) is 3. The van der Waals surface area contributed by atoms with Crippen molar-refractivity contribution in [2.24, 2.45) is 5.92 Å². The van der Waals surface area contributed by atoms with E-state index in [1.807, 2.05) is 0 Å². The van der Waals surface area contributed by atoms with E-state index in [0.29, 0.717) is 17.7 Å². The molecule has 16 heavy (non-hydrogen) atoms. The van der Waals surface area contributed by atoms with Crippen molar-refractivity contribution >= 4 is 21.7 Å². The molecule has 1 fully saturated rings. The van der Waals surface area contributed by atoms with Crippen molar-refractivity contribution in [3.05, 3.63) is 16.0 Å². The van der Waals surface area contributed by atoms with Gasteiger partial charge in [0.2, 0.25) is 0 Å². The minimum Gasteiger partial charge on any atom is -0.383 e. The molecule has 1 aliphatic rings. The summed E-state index contributed by atoms with van der Waals surface area (Å²) < 4.78 is 0.844. The van der Waals surface area contributed by atoms with Crippen LogP contribution in [-0.2, 0) is 5.41 Å². The zero-order valence-corrected chi connectivity index (χ0v) is 11.8. The maximum Gasteiger partial charge on any atom is 0.141 e. The molecule has 1 heterocycles. The highest BCUT2D eigenvalue weighted by Gasteiger charge is 2.38. The van der Waals surface area contributed by atoms with Gasteiger partial charge in [-0.15, -0.1) is 0 Å². The summed E-state index contributed by atoms with van der Waals surface area (Å²) in [4.78, 5) is 9.06. The molecule has 88 valence electrons. The number of hydrogen-bond donors (Lipinski definition) is 1. The molecule has 0 radical (unpaired) electrons. The van der Waals surface area contributed by atoms with Gasteiger partial charge >= 0.3 is 0 Å². The molecule has 2 N–H and O–H groups in total. The van der Waals surface area contributed by atoms with Crippen molar-refractivity contribution in [2.45, 2.75) is 45.4 Å². The van der Waals surface area contributed by atoms with E-state index in [2.05, 4.69) is 53.6 Å². The molecule has 2 rings (SSSR count). The molecule has 2 atom stereocenters.